The van der Waals surface area contributed by atoms with E-state index in [0.29, 0.717) is 12.3 Å². The van der Waals surface area contributed by atoms with Crippen molar-refractivity contribution in [3.05, 3.63) is 30.1 Å². The van der Waals surface area contributed by atoms with Gasteiger partial charge in [-0.2, -0.15) is 0 Å². The molecule has 1 heterocycles. The Labute approximate surface area is 127 Å². The Hall–Kier alpha value is -1.35. The van der Waals surface area contributed by atoms with Crippen molar-refractivity contribution in [1.29, 1.82) is 0 Å². The van der Waals surface area contributed by atoms with Gasteiger partial charge in [0.2, 0.25) is 0 Å². The molecule has 0 radical (unpaired) electrons. The van der Waals surface area contributed by atoms with Gasteiger partial charge in [0, 0.05) is 13.0 Å². The Bertz CT molecular complexity index is 596. The van der Waals surface area contributed by atoms with E-state index in [1.807, 2.05) is 6.07 Å². The van der Waals surface area contributed by atoms with Crippen molar-refractivity contribution in [3.63, 3.8) is 0 Å². The van der Waals surface area contributed by atoms with Crippen molar-refractivity contribution in [3.8, 4) is 0 Å². The van der Waals surface area contributed by atoms with Crippen LogP contribution in [0.2, 0.25) is 0 Å². The third-order valence-corrected chi connectivity index (χ3v) is 5.05. The standard InChI is InChI=1S/C18H26N2O/c1-3-20-16-7-5-4-6-15(16)19-18(20)12-17(21)14-10-8-13(2)9-11-14/h4-7,13-14,17,21H,3,8-12H2,1-2H3. The number of imidazole rings is 1. The molecule has 0 amide bonds. The van der Waals surface area contributed by atoms with Crippen LogP contribution in [0.4, 0.5) is 0 Å². The Morgan fingerprint density at radius 2 is 1.95 bits per heavy atom. The first-order valence-electron chi connectivity index (χ1n) is 8.31. The number of fused-ring (bicyclic) bond motifs is 1. The molecule has 1 atom stereocenters. The summed E-state index contributed by atoms with van der Waals surface area (Å²) in [4.78, 5) is 4.74. The summed E-state index contributed by atoms with van der Waals surface area (Å²) < 4.78 is 2.24. The molecular formula is C18H26N2O. The number of aliphatic hydroxyl groups is 1. The molecule has 0 aliphatic heterocycles. The highest BCUT2D eigenvalue weighted by Crippen LogP contribution is 2.31. The minimum atomic E-state index is -0.250. The van der Waals surface area contributed by atoms with Crippen molar-refractivity contribution in [2.45, 2.75) is 58.6 Å². The number of rotatable bonds is 4. The Morgan fingerprint density at radius 3 is 2.67 bits per heavy atom. The van der Waals surface area contributed by atoms with E-state index in [9.17, 15) is 5.11 Å². The molecule has 1 saturated carbocycles. The quantitative estimate of drug-likeness (QED) is 0.928. The van der Waals surface area contributed by atoms with E-state index < -0.39 is 0 Å². The molecule has 1 N–H and O–H groups in total. The molecule has 2 aromatic rings. The first-order valence-corrected chi connectivity index (χ1v) is 8.31. The zero-order chi connectivity index (χ0) is 14.8. The van der Waals surface area contributed by atoms with E-state index in [1.54, 1.807) is 0 Å². The normalized spacial score (nSPS) is 24.3. The molecule has 3 rings (SSSR count). The van der Waals surface area contributed by atoms with Gasteiger partial charge < -0.3 is 9.67 Å². The molecule has 3 heteroatoms. The van der Waals surface area contributed by atoms with Gasteiger partial charge >= 0.3 is 0 Å². The van der Waals surface area contributed by atoms with Gasteiger partial charge in [-0.1, -0.05) is 31.9 Å². The minimum absolute atomic E-state index is 0.250. The van der Waals surface area contributed by atoms with Crippen LogP contribution >= 0.6 is 0 Å². The number of hydrogen-bond acceptors (Lipinski definition) is 2. The maximum Gasteiger partial charge on any atom is 0.112 e. The van der Waals surface area contributed by atoms with Gasteiger partial charge in [-0.3, -0.25) is 0 Å². The highest BCUT2D eigenvalue weighted by molar-refractivity contribution is 5.75. The van der Waals surface area contributed by atoms with Crippen LogP contribution in [0.1, 0.15) is 45.4 Å². The number of benzene rings is 1. The lowest BCUT2D eigenvalue weighted by Crippen LogP contribution is -2.28. The van der Waals surface area contributed by atoms with Gasteiger partial charge in [0.25, 0.3) is 0 Å². The second-order valence-corrected chi connectivity index (χ2v) is 6.55. The van der Waals surface area contributed by atoms with Crippen LogP contribution in [0.5, 0.6) is 0 Å². The van der Waals surface area contributed by atoms with Gasteiger partial charge in [-0.05, 0) is 43.7 Å². The number of nitrogens with zero attached hydrogens (tertiary/aromatic N) is 2. The second kappa shape index (κ2) is 6.18. The summed E-state index contributed by atoms with van der Waals surface area (Å²) >= 11 is 0. The smallest absolute Gasteiger partial charge is 0.112 e. The van der Waals surface area contributed by atoms with Crippen molar-refractivity contribution < 1.29 is 5.11 Å². The summed E-state index contributed by atoms with van der Waals surface area (Å²) in [6.07, 6.45) is 5.27. The largest absolute Gasteiger partial charge is 0.392 e. The fourth-order valence-electron chi connectivity index (χ4n) is 3.66. The lowest BCUT2D eigenvalue weighted by molar-refractivity contribution is 0.0739. The van der Waals surface area contributed by atoms with E-state index in [2.05, 4.69) is 36.6 Å². The average molecular weight is 286 g/mol. The highest BCUT2D eigenvalue weighted by Gasteiger charge is 2.26. The molecule has 0 spiro atoms. The molecule has 1 aromatic heterocycles. The molecule has 3 nitrogen and oxygen atoms in total. The summed E-state index contributed by atoms with van der Waals surface area (Å²) in [6.45, 7) is 5.37. The van der Waals surface area contributed by atoms with Gasteiger partial charge in [0.1, 0.15) is 5.82 Å². The third kappa shape index (κ3) is 2.98. The van der Waals surface area contributed by atoms with E-state index >= 15 is 0 Å². The Morgan fingerprint density at radius 1 is 1.24 bits per heavy atom. The van der Waals surface area contributed by atoms with E-state index in [4.69, 9.17) is 4.98 Å². The van der Waals surface area contributed by atoms with E-state index in [1.165, 1.54) is 18.4 Å². The molecule has 114 valence electrons. The number of aryl methyl sites for hydroxylation is 1. The third-order valence-electron chi connectivity index (χ3n) is 5.05. The van der Waals surface area contributed by atoms with Crippen LogP contribution in [0, 0.1) is 11.8 Å². The van der Waals surface area contributed by atoms with Crippen molar-refractivity contribution in [2.24, 2.45) is 11.8 Å². The number of aromatic nitrogens is 2. The number of para-hydroxylation sites is 2. The summed E-state index contributed by atoms with van der Waals surface area (Å²) in [6, 6.07) is 8.25. The molecular weight excluding hydrogens is 260 g/mol. The minimum Gasteiger partial charge on any atom is -0.392 e. The summed E-state index contributed by atoms with van der Waals surface area (Å²) in [7, 11) is 0. The zero-order valence-corrected chi connectivity index (χ0v) is 13.1. The fraction of sp³-hybridized carbons (Fsp3) is 0.611. The molecule has 1 unspecified atom stereocenters. The van der Waals surface area contributed by atoms with Crippen molar-refractivity contribution in [1.82, 2.24) is 9.55 Å². The van der Waals surface area contributed by atoms with Gasteiger partial charge in [0.05, 0.1) is 17.1 Å². The number of aliphatic hydroxyl groups excluding tert-OH is 1. The fourth-order valence-corrected chi connectivity index (χ4v) is 3.66. The Balaban J connectivity index is 1.78. The van der Waals surface area contributed by atoms with Gasteiger partial charge in [-0.25, -0.2) is 4.98 Å². The first-order chi connectivity index (χ1) is 10.2. The van der Waals surface area contributed by atoms with Gasteiger partial charge in [0.15, 0.2) is 0 Å². The van der Waals surface area contributed by atoms with E-state index in [-0.39, 0.29) is 6.10 Å². The molecule has 0 saturated heterocycles. The molecule has 1 aromatic carbocycles. The van der Waals surface area contributed by atoms with Crippen LogP contribution in [0.25, 0.3) is 11.0 Å². The predicted octanol–water partition coefficient (Wildman–Crippen LogP) is 3.79. The predicted molar refractivity (Wildman–Crippen MR) is 86.2 cm³/mol. The molecule has 21 heavy (non-hydrogen) atoms. The maximum atomic E-state index is 10.6. The van der Waals surface area contributed by atoms with E-state index in [0.717, 1.165) is 36.6 Å². The monoisotopic (exact) mass is 286 g/mol. The molecule has 0 bridgehead atoms. The molecule has 1 fully saturated rings. The number of hydrogen-bond donors (Lipinski definition) is 1. The van der Waals surface area contributed by atoms with Crippen LogP contribution in [-0.2, 0) is 13.0 Å². The van der Waals surface area contributed by atoms with Crippen molar-refractivity contribution in [2.75, 3.05) is 0 Å². The molecule has 1 aliphatic rings. The van der Waals surface area contributed by atoms with Crippen LogP contribution in [0.3, 0.4) is 0 Å². The summed E-state index contributed by atoms with van der Waals surface area (Å²) in [5.74, 6) is 2.31. The maximum absolute atomic E-state index is 10.6. The topological polar surface area (TPSA) is 38.0 Å². The van der Waals surface area contributed by atoms with Gasteiger partial charge in [-0.15, -0.1) is 0 Å². The van der Waals surface area contributed by atoms with Crippen LogP contribution in [0.15, 0.2) is 24.3 Å². The first kappa shape index (κ1) is 14.6. The van der Waals surface area contributed by atoms with Crippen molar-refractivity contribution >= 4 is 11.0 Å². The Kier molecular flexibility index (Phi) is 4.29. The lowest BCUT2D eigenvalue weighted by Gasteiger charge is -2.29. The molecule has 1 aliphatic carbocycles. The average Bonchev–Trinajstić information content (AvgIpc) is 2.84. The van der Waals surface area contributed by atoms with Crippen LogP contribution < -0.4 is 0 Å². The highest BCUT2D eigenvalue weighted by atomic mass is 16.3. The second-order valence-electron chi connectivity index (χ2n) is 6.55. The van der Waals surface area contributed by atoms with Crippen LogP contribution in [-0.4, -0.2) is 20.8 Å². The summed E-state index contributed by atoms with van der Waals surface area (Å²) in [5, 5.41) is 10.6. The lowest BCUT2D eigenvalue weighted by atomic mass is 9.79. The summed E-state index contributed by atoms with van der Waals surface area (Å²) in [5.41, 5.74) is 2.22. The zero-order valence-electron chi connectivity index (χ0n) is 13.1. The SMILES string of the molecule is CCn1c(CC(O)C2CCC(C)CC2)nc2ccccc21.